The van der Waals surface area contributed by atoms with Gasteiger partial charge in [-0.3, -0.25) is 9.59 Å². The third-order valence-electron chi connectivity index (χ3n) is 4.11. The minimum Gasteiger partial charge on any atom is -0.274 e. The summed E-state index contributed by atoms with van der Waals surface area (Å²) >= 11 is 0. The monoisotopic (exact) mass is 254 g/mol. The number of para-hydroxylation sites is 1. The zero-order valence-electron chi connectivity index (χ0n) is 10.5. The van der Waals surface area contributed by atoms with E-state index in [-0.39, 0.29) is 23.7 Å². The van der Waals surface area contributed by atoms with Crippen molar-refractivity contribution in [3.8, 4) is 6.07 Å². The number of hydrogen-bond donors (Lipinski definition) is 0. The van der Waals surface area contributed by atoms with Crippen molar-refractivity contribution in [2.75, 3.05) is 4.90 Å². The van der Waals surface area contributed by atoms with Crippen LogP contribution in [0.25, 0.3) is 0 Å². The number of hydrogen-bond acceptors (Lipinski definition) is 3. The van der Waals surface area contributed by atoms with E-state index in [0.29, 0.717) is 11.3 Å². The lowest BCUT2D eigenvalue weighted by atomic mass is 9.81. The van der Waals surface area contributed by atoms with E-state index in [1.807, 2.05) is 6.07 Å². The molecule has 2 fully saturated rings. The molecule has 0 N–H and O–H groups in total. The third-order valence-corrected chi connectivity index (χ3v) is 4.11. The fourth-order valence-electron chi connectivity index (χ4n) is 3.16. The molecule has 19 heavy (non-hydrogen) atoms. The highest BCUT2D eigenvalue weighted by molar-refractivity contribution is 6.22. The highest BCUT2D eigenvalue weighted by Crippen LogP contribution is 2.40. The summed E-state index contributed by atoms with van der Waals surface area (Å²) in [5.41, 5.74) is 0.817. The molecular weight excluding hydrogens is 240 g/mol. The highest BCUT2D eigenvalue weighted by atomic mass is 16.2. The van der Waals surface area contributed by atoms with Crippen LogP contribution in [-0.2, 0) is 9.59 Å². The van der Waals surface area contributed by atoms with Crippen molar-refractivity contribution < 1.29 is 9.59 Å². The number of nitrogens with zero attached hydrogens (tertiary/aromatic N) is 2. The van der Waals surface area contributed by atoms with Gasteiger partial charge in [0.1, 0.15) is 6.07 Å². The maximum Gasteiger partial charge on any atom is 0.237 e. The van der Waals surface area contributed by atoms with Gasteiger partial charge in [-0.2, -0.15) is 5.26 Å². The summed E-state index contributed by atoms with van der Waals surface area (Å²) in [6.07, 6.45) is 3.60. The summed E-state index contributed by atoms with van der Waals surface area (Å²) in [5, 5.41) is 9.11. The van der Waals surface area contributed by atoms with Crippen molar-refractivity contribution in [2.45, 2.75) is 25.7 Å². The van der Waals surface area contributed by atoms with Gasteiger partial charge in [0.05, 0.1) is 23.1 Å². The van der Waals surface area contributed by atoms with Crippen LogP contribution in [0.15, 0.2) is 24.3 Å². The van der Waals surface area contributed by atoms with Crippen LogP contribution in [0, 0.1) is 23.2 Å². The fourth-order valence-corrected chi connectivity index (χ4v) is 3.16. The van der Waals surface area contributed by atoms with Gasteiger partial charge in [-0.15, -0.1) is 0 Å². The first kappa shape index (κ1) is 11.9. The number of anilines is 1. The summed E-state index contributed by atoms with van der Waals surface area (Å²) < 4.78 is 0. The molecular formula is C15H14N2O2. The van der Waals surface area contributed by atoms with Crippen molar-refractivity contribution in [1.82, 2.24) is 0 Å². The zero-order chi connectivity index (χ0) is 13.4. The van der Waals surface area contributed by atoms with E-state index in [9.17, 15) is 9.59 Å². The molecule has 0 spiro atoms. The Labute approximate surface area is 111 Å². The van der Waals surface area contributed by atoms with Crippen molar-refractivity contribution in [1.29, 1.82) is 5.26 Å². The quantitative estimate of drug-likeness (QED) is 0.722. The van der Waals surface area contributed by atoms with Crippen LogP contribution in [0.3, 0.4) is 0 Å². The average Bonchev–Trinajstić information content (AvgIpc) is 2.71. The molecule has 0 radical (unpaired) electrons. The van der Waals surface area contributed by atoms with E-state index in [1.54, 1.807) is 24.3 Å². The smallest absolute Gasteiger partial charge is 0.237 e. The number of imide groups is 1. The Kier molecular flexibility index (Phi) is 2.83. The van der Waals surface area contributed by atoms with Crippen LogP contribution in [0.5, 0.6) is 0 Å². The average molecular weight is 254 g/mol. The molecule has 1 saturated heterocycles. The van der Waals surface area contributed by atoms with E-state index in [0.717, 1.165) is 25.7 Å². The Morgan fingerprint density at radius 3 is 2.21 bits per heavy atom. The zero-order valence-corrected chi connectivity index (χ0v) is 10.5. The molecule has 1 aromatic rings. The number of fused-ring (bicyclic) bond motifs is 1. The van der Waals surface area contributed by atoms with Gasteiger partial charge < -0.3 is 0 Å². The molecule has 0 aromatic heterocycles. The lowest BCUT2D eigenvalue weighted by Crippen LogP contribution is -2.31. The molecule has 2 aliphatic rings. The van der Waals surface area contributed by atoms with E-state index in [1.165, 1.54) is 4.90 Å². The van der Waals surface area contributed by atoms with Gasteiger partial charge in [-0.1, -0.05) is 25.0 Å². The molecule has 96 valence electrons. The molecule has 2 amide bonds. The minimum atomic E-state index is -0.173. The van der Waals surface area contributed by atoms with E-state index in [2.05, 4.69) is 0 Å². The second kappa shape index (κ2) is 4.51. The number of carbonyl (C=O) groups excluding carboxylic acids is 2. The summed E-state index contributed by atoms with van der Waals surface area (Å²) in [4.78, 5) is 26.1. The van der Waals surface area contributed by atoms with Gasteiger partial charge >= 0.3 is 0 Å². The molecule has 1 aliphatic heterocycles. The Morgan fingerprint density at radius 2 is 1.63 bits per heavy atom. The van der Waals surface area contributed by atoms with Crippen LogP contribution in [0.1, 0.15) is 31.2 Å². The van der Waals surface area contributed by atoms with Crippen molar-refractivity contribution in [3.05, 3.63) is 29.8 Å². The van der Waals surface area contributed by atoms with Crippen molar-refractivity contribution in [3.63, 3.8) is 0 Å². The first-order valence-electron chi connectivity index (χ1n) is 6.61. The van der Waals surface area contributed by atoms with Gasteiger partial charge in [0.2, 0.25) is 11.8 Å². The number of carbonyl (C=O) groups is 2. The molecule has 1 saturated carbocycles. The van der Waals surface area contributed by atoms with E-state index in [4.69, 9.17) is 5.26 Å². The summed E-state index contributed by atoms with van der Waals surface area (Å²) in [6, 6.07) is 8.84. The lowest BCUT2D eigenvalue weighted by molar-refractivity contribution is -0.122. The SMILES string of the molecule is N#Cc1ccccc1N1C(=O)C2CCCCC2C1=O. The summed E-state index contributed by atoms with van der Waals surface area (Å²) in [5.74, 6) is -0.601. The first-order chi connectivity index (χ1) is 9.24. The van der Waals surface area contributed by atoms with Crippen LogP contribution in [0.4, 0.5) is 5.69 Å². The summed E-state index contributed by atoms with van der Waals surface area (Å²) in [7, 11) is 0. The predicted molar refractivity (Wildman–Crippen MR) is 69.1 cm³/mol. The van der Waals surface area contributed by atoms with Crippen molar-refractivity contribution in [2.24, 2.45) is 11.8 Å². The van der Waals surface area contributed by atoms with Gasteiger partial charge in [-0.05, 0) is 25.0 Å². The summed E-state index contributed by atoms with van der Waals surface area (Å²) in [6.45, 7) is 0. The molecule has 4 nitrogen and oxygen atoms in total. The molecule has 2 atom stereocenters. The highest BCUT2D eigenvalue weighted by Gasteiger charge is 2.49. The van der Waals surface area contributed by atoms with E-state index < -0.39 is 0 Å². The minimum absolute atomic E-state index is 0.127. The maximum atomic E-state index is 12.4. The largest absolute Gasteiger partial charge is 0.274 e. The first-order valence-corrected chi connectivity index (χ1v) is 6.61. The number of nitriles is 1. The molecule has 1 heterocycles. The Balaban J connectivity index is 2.04. The lowest BCUT2D eigenvalue weighted by Gasteiger charge is -2.19. The standard InChI is InChI=1S/C15H14N2O2/c16-9-10-5-1-4-8-13(10)17-14(18)11-6-2-3-7-12(11)15(17)19/h1,4-5,8,11-12H,2-3,6-7H2. The molecule has 4 heteroatoms. The molecule has 1 aromatic carbocycles. The fraction of sp³-hybridized carbons (Fsp3) is 0.400. The van der Waals surface area contributed by atoms with Gasteiger partial charge in [0.15, 0.2) is 0 Å². The van der Waals surface area contributed by atoms with Crippen LogP contribution in [-0.4, -0.2) is 11.8 Å². The number of rotatable bonds is 1. The Hall–Kier alpha value is -2.15. The van der Waals surface area contributed by atoms with E-state index >= 15 is 0 Å². The van der Waals surface area contributed by atoms with Gasteiger partial charge in [0.25, 0.3) is 0 Å². The third kappa shape index (κ3) is 1.74. The predicted octanol–water partition coefficient (Wildman–Crippen LogP) is 2.24. The second-order valence-electron chi connectivity index (χ2n) is 5.14. The van der Waals surface area contributed by atoms with Crippen LogP contribution in [0.2, 0.25) is 0 Å². The van der Waals surface area contributed by atoms with Crippen LogP contribution >= 0.6 is 0 Å². The topological polar surface area (TPSA) is 61.2 Å². The molecule has 3 rings (SSSR count). The number of benzene rings is 1. The molecule has 0 bridgehead atoms. The van der Waals surface area contributed by atoms with Crippen LogP contribution < -0.4 is 4.90 Å². The Bertz CT molecular complexity index is 564. The van der Waals surface area contributed by atoms with Gasteiger partial charge in [-0.25, -0.2) is 4.90 Å². The second-order valence-corrected chi connectivity index (χ2v) is 5.14. The molecule has 2 unspecified atom stereocenters. The normalized spacial score (nSPS) is 26.2. The number of amides is 2. The van der Waals surface area contributed by atoms with Crippen molar-refractivity contribution >= 4 is 17.5 Å². The maximum absolute atomic E-state index is 12.4. The molecule has 1 aliphatic carbocycles. The van der Waals surface area contributed by atoms with Gasteiger partial charge in [0, 0.05) is 0 Å². The Morgan fingerprint density at radius 1 is 1.05 bits per heavy atom.